The molecule has 0 atom stereocenters. The molecule has 1 aromatic carbocycles. The van der Waals surface area contributed by atoms with Crippen molar-refractivity contribution in [1.82, 2.24) is 4.98 Å². The van der Waals surface area contributed by atoms with E-state index < -0.39 is 5.41 Å². The number of rotatable bonds is 4. The van der Waals surface area contributed by atoms with Gasteiger partial charge in [0.1, 0.15) is 5.75 Å². The van der Waals surface area contributed by atoms with E-state index in [0.717, 1.165) is 35.4 Å². The molecule has 1 aliphatic rings. The van der Waals surface area contributed by atoms with Crippen LogP contribution in [0, 0.1) is 0 Å². The second-order valence-electron chi connectivity index (χ2n) is 5.23. The van der Waals surface area contributed by atoms with E-state index in [1.165, 1.54) is 7.11 Å². The summed E-state index contributed by atoms with van der Waals surface area (Å²) in [6, 6.07) is 11.8. The molecule has 4 nitrogen and oxygen atoms in total. The summed E-state index contributed by atoms with van der Waals surface area (Å²) in [4.78, 5) is 16.2. The average Bonchev–Trinajstić information content (AvgIpc) is 3.45. The zero-order chi connectivity index (χ0) is 16.9. The van der Waals surface area contributed by atoms with E-state index in [9.17, 15) is 4.79 Å². The molecule has 0 N–H and O–H groups in total. The molecule has 1 aromatic heterocycles. The summed E-state index contributed by atoms with van der Waals surface area (Å²) in [5, 5.41) is 0. The molecule has 1 fully saturated rings. The molecule has 1 heterocycles. The van der Waals surface area contributed by atoms with Gasteiger partial charge in [0.15, 0.2) is 0 Å². The molecule has 23 heavy (non-hydrogen) atoms. The topological polar surface area (TPSA) is 48.4 Å². The number of pyridine rings is 1. The summed E-state index contributed by atoms with van der Waals surface area (Å²) in [5.41, 5.74) is 2.50. The molecular formula is C19H21NO3. The predicted octanol–water partition coefficient (Wildman–Crippen LogP) is 3.76. The number of hydrogen-bond donors (Lipinski definition) is 0. The monoisotopic (exact) mass is 311 g/mol. The van der Waals surface area contributed by atoms with Crippen LogP contribution in [0.5, 0.6) is 5.75 Å². The lowest BCUT2D eigenvalue weighted by Gasteiger charge is -2.13. The van der Waals surface area contributed by atoms with Gasteiger partial charge < -0.3 is 9.47 Å². The maximum absolute atomic E-state index is 11.9. The summed E-state index contributed by atoms with van der Waals surface area (Å²) >= 11 is 0. The van der Waals surface area contributed by atoms with Gasteiger partial charge in [-0.05, 0) is 30.5 Å². The molecule has 0 aliphatic heterocycles. The normalized spacial score (nSPS) is 14.2. The molecule has 0 radical (unpaired) electrons. The molecule has 2 aromatic rings. The Balaban J connectivity index is 0.000000924. The number of esters is 1. The Hall–Kier alpha value is -2.62. The molecule has 120 valence electrons. The van der Waals surface area contributed by atoms with Crippen LogP contribution in [-0.4, -0.2) is 25.2 Å². The van der Waals surface area contributed by atoms with E-state index in [-0.39, 0.29) is 5.97 Å². The van der Waals surface area contributed by atoms with Gasteiger partial charge in [-0.3, -0.25) is 9.78 Å². The highest BCUT2D eigenvalue weighted by Crippen LogP contribution is 2.49. The van der Waals surface area contributed by atoms with Crippen LogP contribution >= 0.6 is 0 Å². The number of carbonyl (C=O) groups excluding carboxylic acids is 1. The third kappa shape index (κ3) is 3.26. The predicted molar refractivity (Wildman–Crippen MR) is 90.4 cm³/mol. The number of nitrogens with zero attached hydrogens (tertiary/aromatic N) is 1. The molecule has 1 aliphatic carbocycles. The first-order chi connectivity index (χ1) is 11.2. The molecule has 0 saturated heterocycles. The van der Waals surface area contributed by atoms with Gasteiger partial charge in [0.05, 0.1) is 31.5 Å². The Kier molecular flexibility index (Phi) is 5.16. The first kappa shape index (κ1) is 16.7. The number of ether oxygens (including phenoxy) is 2. The number of benzene rings is 1. The van der Waals surface area contributed by atoms with Crippen molar-refractivity contribution in [3.63, 3.8) is 0 Å². The highest BCUT2D eigenvalue weighted by atomic mass is 16.5. The third-order valence-electron chi connectivity index (χ3n) is 4.03. The van der Waals surface area contributed by atoms with E-state index in [2.05, 4.69) is 18.1 Å². The molecule has 0 unspecified atom stereocenters. The van der Waals surface area contributed by atoms with Gasteiger partial charge in [-0.25, -0.2) is 0 Å². The SMILES string of the molecule is C=C.COC(=O)C1(c2ccc(-c3ccc(OC)cn3)cc2)CC1. The smallest absolute Gasteiger partial charge is 0.316 e. The van der Waals surface area contributed by atoms with Crippen molar-refractivity contribution >= 4 is 5.97 Å². The Morgan fingerprint density at radius 2 is 1.74 bits per heavy atom. The molecule has 4 heteroatoms. The zero-order valence-electron chi connectivity index (χ0n) is 13.5. The van der Waals surface area contributed by atoms with Crippen molar-refractivity contribution in [2.45, 2.75) is 18.3 Å². The summed E-state index contributed by atoms with van der Waals surface area (Å²) < 4.78 is 10.0. The molecule has 0 amide bonds. The first-order valence-electron chi connectivity index (χ1n) is 7.39. The van der Waals surface area contributed by atoms with Crippen molar-refractivity contribution in [1.29, 1.82) is 0 Å². The highest BCUT2D eigenvalue weighted by molar-refractivity contribution is 5.86. The molecule has 3 rings (SSSR count). The number of carbonyl (C=O) groups is 1. The van der Waals surface area contributed by atoms with Crippen LogP contribution < -0.4 is 4.74 Å². The van der Waals surface area contributed by atoms with E-state index in [0.29, 0.717) is 0 Å². The van der Waals surface area contributed by atoms with Gasteiger partial charge in [0.2, 0.25) is 0 Å². The van der Waals surface area contributed by atoms with Gasteiger partial charge >= 0.3 is 5.97 Å². The van der Waals surface area contributed by atoms with Crippen LogP contribution in [0.3, 0.4) is 0 Å². The lowest BCUT2D eigenvalue weighted by atomic mass is 9.94. The van der Waals surface area contributed by atoms with E-state index in [4.69, 9.17) is 9.47 Å². The Labute approximate surface area is 136 Å². The van der Waals surface area contributed by atoms with Gasteiger partial charge in [-0.1, -0.05) is 24.3 Å². The summed E-state index contributed by atoms with van der Waals surface area (Å²) in [6.45, 7) is 6.00. The van der Waals surface area contributed by atoms with Crippen molar-refractivity contribution in [3.8, 4) is 17.0 Å². The molecule has 0 bridgehead atoms. The number of aromatic nitrogens is 1. The van der Waals surface area contributed by atoms with Crippen molar-refractivity contribution < 1.29 is 14.3 Å². The molecule has 0 spiro atoms. The summed E-state index contributed by atoms with van der Waals surface area (Å²) in [5.74, 6) is 0.593. The molecular weight excluding hydrogens is 290 g/mol. The summed E-state index contributed by atoms with van der Waals surface area (Å²) in [6.07, 6.45) is 3.42. The average molecular weight is 311 g/mol. The Morgan fingerprint density at radius 3 is 2.17 bits per heavy atom. The van der Waals surface area contributed by atoms with E-state index in [1.807, 2.05) is 36.4 Å². The minimum atomic E-state index is -0.416. The fraction of sp³-hybridized carbons (Fsp3) is 0.263. The maximum atomic E-state index is 11.9. The maximum Gasteiger partial charge on any atom is 0.316 e. The van der Waals surface area contributed by atoms with Crippen LogP contribution in [0.2, 0.25) is 0 Å². The third-order valence-corrected chi connectivity index (χ3v) is 4.03. The van der Waals surface area contributed by atoms with Crippen LogP contribution in [0.15, 0.2) is 55.8 Å². The van der Waals surface area contributed by atoms with Gasteiger partial charge in [0, 0.05) is 5.56 Å². The van der Waals surface area contributed by atoms with Crippen LogP contribution in [0.25, 0.3) is 11.3 Å². The fourth-order valence-corrected chi connectivity index (χ4v) is 2.56. The number of methoxy groups -OCH3 is 2. The first-order valence-corrected chi connectivity index (χ1v) is 7.39. The van der Waals surface area contributed by atoms with Gasteiger partial charge in [0.25, 0.3) is 0 Å². The Bertz CT molecular complexity index is 658. The number of hydrogen-bond acceptors (Lipinski definition) is 4. The van der Waals surface area contributed by atoms with Gasteiger partial charge in [-0.2, -0.15) is 0 Å². The second kappa shape index (κ2) is 7.09. The second-order valence-corrected chi connectivity index (χ2v) is 5.23. The lowest BCUT2D eigenvalue weighted by molar-refractivity contribution is -0.143. The fourth-order valence-electron chi connectivity index (χ4n) is 2.56. The van der Waals surface area contributed by atoms with Crippen molar-refractivity contribution in [2.75, 3.05) is 14.2 Å². The molecule has 1 saturated carbocycles. The van der Waals surface area contributed by atoms with Gasteiger partial charge in [-0.15, -0.1) is 13.2 Å². The Morgan fingerprint density at radius 1 is 1.09 bits per heavy atom. The minimum absolute atomic E-state index is 0.141. The van der Waals surface area contributed by atoms with Crippen LogP contribution in [0.4, 0.5) is 0 Å². The van der Waals surface area contributed by atoms with E-state index in [1.54, 1.807) is 13.3 Å². The van der Waals surface area contributed by atoms with Crippen molar-refractivity contribution in [3.05, 3.63) is 61.3 Å². The quantitative estimate of drug-likeness (QED) is 0.637. The minimum Gasteiger partial charge on any atom is -0.495 e. The largest absolute Gasteiger partial charge is 0.495 e. The van der Waals surface area contributed by atoms with Crippen molar-refractivity contribution in [2.24, 2.45) is 0 Å². The standard InChI is InChI=1S/C17H17NO3.C2H4/c1-20-14-7-8-15(18-11-14)12-3-5-13(6-4-12)17(9-10-17)16(19)21-2;1-2/h3-8,11H,9-10H2,1-2H3;1-2H2. The van der Waals surface area contributed by atoms with Crippen LogP contribution in [0.1, 0.15) is 18.4 Å². The zero-order valence-corrected chi connectivity index (χ0v) is 13.5. The summed E-state index contributed by atoms with van der Waals surface area (Å²) in [7, 11) is 3.06. The lowest BCUT2D eigenvalue weighted by Crippen LogP contribution is -2.21. The van der Waals surface area contributed by atoms with Crippen LogP contribution in [-0.2, 0) is 14.9 Å². The van der Waals surface area contributed by atoms with E-state index >= 15 is 0 Å². The highest BCUT2D eigenvalue weighted by Gasteiger charge is 2.52.